The molecule has 2 rings (SSSR count). The number of aromatic nitrogens is 1. The fraction of sp³-hybridized carbons (Fsp3) is 0.231. The summed E-state index contributed by atoms with van der Waals surface area (Å²) in [5.74, 6) is -0.575. The van der Waals surface area contributed by atoms with Gasteiger partial charge in [0.25, 0.3) is 0 Å². The molecule has 1 aromatic heterocycles. The number of aromatic carboxylic acids is 1. The lowest BCUT2D eigenvalue weighted by molar-refractivity contribution is 0.0699. The molecule has 3 heteroatoms. The van der Waals surface area contributed by atoms with Gasteiger partial charge in [-0.2, -0.15) is 0 Å². The van der Waals surface area contributed by atoms with Crippen LogP contribution in [0.4, 0.5) is 0 Å². The Morgan fingerprint density at radius 3 is 2.69 bits per heavy atom. The maximum absolute atomic E-state index is 11.1. The van der Waals surface area contributed by atoms with Crippen LogP contribution in [0.1, 0.15) is 35.7 Å². The van der Waals surface area contributed by atoms with Crippen molar-refractivity contribution in [2.75, 3.05) is 0 Å². The average molecular weight is 215 g/mol. The van der Waals surface area contributed by atoms with Crippen molar-refractivity contribution in [3.05, 3.63) is 41.6 Å². The van der Waals surface area contributed by atoms with E-state index < -0.39 is 5.97 Å². The zero-order valence-electron chi connectivity index (χ0n) is 9.27. The number of nitrogens with zero attached hydrogens (tertiary/aromatic N) is 1. The van der Waals surface area contributed by atoms with Gasteiger partial charge in [-0.15, -0.1) is 0 Å². The number of fused-ring (bicyclic) bond motifs is 1. The van der Waals surface area contributed by atoms with E-state index in [1.165, 1.54) is 0 Å². The van der Waals surface area contributed by atoms with E-state index in [1.54, 1.807) is 24.4 Å². The SMILES string of the molecule is CC(C)c1ccc(C(=O)O)c2cccnc12. The standard InChI is InChI=1S/C13H13NO2/c1-8(2)9-5-6-11(13(15)16)10-4-3-7-14-12(9)10/h3-8H,1-2H3,(H,15,16). The maximum Gasteiger partial charge on any atom is 0.336 e. The van der Waals surface area contributed by atoms with Crippen LogP contribution in [0, 0.1) is 0 Å². The second-order valence-corrected chi connectivity index (χ2v) is 4.06. The zero-order chi connectivity index (χ0) is 11.7. The first-order chi connectivity index (χ1) is 7.61. The maximum atomic E-state index is 11.1. The van der Waals surface area contributed by atoms with Gasteiger partial charge in [0.05, 0.1) is 11.1 Å². The highest BCUT2D eigenvalue weighted by molar-refractivity contribution is 6.03. The molecule has 1 aromatic carbocycles. The van der Waals surface area contributed by atoms with Crippen molar-refractivity contribution in [3.8, 4) is 0 Å². The Balaban J connectivity index is 2.82. The molecule has 16 heavy (non-hydrogen) atoms. The van der Waals surface area contributed by atoms with Crippen LogP contribution in [-0.2, 0) is 0 Å². The lowest BCUT2D eigenvalue weighted by Gasteiger charge is -2.10. The first-order valence-electron chi connectivity index (χ1n) is 5.22. The lowest BCUT2D eigenvalue weighted by Crippen LogP contribution is -2.01. The van der Waals surface area contributed by atoms with Gasteiger partial charge in [-0.3, -0.25) is 4.98 Å². The predicted octanol–water partition coefficient (Wildman–Crippen LogP) is 3.06. The first kappa shape index (κ1) is 10.6. The summed E-state index contributed by atoms with van der Waals surface area (Å²) >= 11 is 0. The van der Waals surface area contributed by atoms with Crippen LogP contribution in [-0.4, -0.2) is 16.1 Å². The Morgan fingerprint density at radius 2 is 2.06 bits per heavy atom. The number of hydrogen-bond donors (Lipinski definition) is 1. The average Bonchev–Trinajstić information content (AvgIpc) is 2.27. The van der Waals surface area contributed by atoms with Crippen LogP contribution in [0.2, 0.25) is 0 Å². The topological polar surface area (TPSA) is 50.2 Å². The summed E-state index contributed by atoms with van der Waals surface area (Å²) in [4.78, 5) is 15.4. The molecule has 2 aromatic rings. The Bertz CT molecular complexity index is 547. The number of carboxylic acids is 1. The van der Waals surface area contributed by atoms with E-state index in [0.717, 1.165) is 11.1 Å². The number of hydrogen-bond acceptors (Lipinski definition) is 2. The third kappa shape index (κ3) is 1.65. The van der Waals surface area contributed by atoms with Crippen molar-refractivity contribution < 1.29 is 9.90 Å². The molecule has 0 aliphatic heterocycles. The van der Waals surface area contributed by atoms with E-state index in [4.69, 9.17) is 5.11 Å². The van der Waals surface area contributed by atoms with Crippen LogP contribution < -0.4 is 0 Å². The molecule has 0 aliphatic rings. The minimum absolute atomic E-state index is 0.313. The number of carbonyl (C=O) groups is 1. The summed E-state index contributed by atoms with van der Waals surface area (Å²) < 4.78 is 0. The summed E-state index contributed by atoms with van der Waals surface area (Å²) in [6, 6.07) is 7.07. The Kier molecular flexibility index (Phi) is 2.60. The van der Waals surface area contributed by atoms with Gasteiger partial charge in [0.1, 0.15) is 0 Å². The Morgan fingerprint density at radius 1 is 1.31 bits per heavy atom. The van der Waals surface area contributed by atoms with E-state index in [2.05, 4.69) is 18.8 Å². The highest BCUT2D eigenvalue weighted by Gasteiger charge is 2.13. The third-order valence-corrected chi connectivity index (χ3v) is 2.65. The fourth-order valence-electron chi connectivity index (χ4n) is 1.85. The van der Waals surface area contributed by atoms with Crippen LogP contribution in [0.5, 0.6) is 0 Å². The molecular formula is C13H13NO2. The second-order valence-electron chi connectivity index (χ2n) is 4.06. The molecular weight excluding hydrogens is 202 g/mol. The molecule has 1 N–H and O–H groups in total. The first-order valence-corrected chi connectivity index (χ1v) is 5.22. The highest BCUT2D eigenvalue weighted by Crippen LogP contribution is 2.26. The van der Waals surface area contributed by atoms with E-state index >= 15 is 0 Å². The molecule has 0 aliphatic carbocycles. The Hall–Kier alpha value is -1.90. The molecule has 0 saturated heterocycles. The van der Waals surface area contributed by atoms with Gasteiger partial charge >= 0.3 is 5.97 Å². The number of carboxylic acid groups (broad SMARTS) is 1. The van der Waals surface area contributed by atoms with Crippen LogP contribution >= 0.6 is 0 Å². The minimum atomic E-state index is -0.909. The summed E-state index contributed by atoms with van der Waals surface area (Å²) in [7, 11) is 0. The predicted molar refractivity (Wildman–Crippen MR) is 62.8 cm³/mol. The number of pyridine rings is 1. The fourth-order valence-corrected chi connectivity index (χ4v) is 1.85. The zero-order valence-corrected chi connectivity index (χ0v) is 9.27. The molecule has 1 heterocycles. The van der Waals surface area contributed by atoms with Gasteiger partial charge in [0, 0.05) is 11.6 Å². The van der Waals surface area contributed by atoms with E-state index in [9.17, 15) is 4.79 Å². The summed E-state index contributed by atoms with van der Waals surface area (Å²) in [5.41, 5.74) is 2.19. The molecule has 82 valence electrons. The van der Waals surface area contributed by atoms with Crippen LogP contribution in [0.25, 0.3) is 10.9 Å². The molecule has 0 unspecified atom stereocenters. The van der Waals surface area contributed by atoms with Crippen molar-refractivity contribution in [1.29, 1.82) is 0 Å². The lowest BCUT2D eigenvalue weighted by atomic mass is 9.97. The number of rotatable bonds is 2. The van der Waals surface area contributed by atoms with Gasteiger partial charge in [-0.1, -0.05) is 26.0 Å². The quantitative estimate of drug-likeness (QED) is 0.837. The van der Waals surface area contributed by atoms with Crippen molar-refractivity contribution in [3.63, 3.8) is 0 Å². The summed E-state index contributed by atoms with van der Waals surface area (Å²) in [5, 5.41) is 9.79. The minimum Gasteiger partial charge on any atom is -0.478 e. The van der Waals surface area contributed by atoms with Gasteiger partial charge in [-0.05, 0) is 23.6 Å². The van der Waals surface area contributed by atoms with Crippen molar-refractivity contribution in [1.82, 2.24) is 4.98 Å². The van der Waals surface area contributed by atoms with Gasteiger partial charge < -0.3 is 5.11 Å². The van der Waals surface area contributed by atoms with E-state index in [0.29, 0.717) is 16.9 Å². The van der Waals surface area contributed by atoms with Crippen LogP contribution in [0.3, 0.4) is 0 Å². The molecule has 0 atom stereocenters. The second kappa shape index (κ2) is 3.93. The molecule has 0 bridgehead atoms. The molecule has 0 saturated carbocycles. The summed E-state index contributed by atoms with van der Waals surface area (Å²) in [6.45, 7) is 4.15. The largest absolute Gasteiger partial charge is 0.478 e. The molecule has 0 spiro atoms. The van der Waals surface area contributed by atoms with Crippen molar-refractivity contribution in [2.45, 2.75) is 19.8 Å². The van der Waals surface area contributed by atoms with Crippen molar-refractivity contribution in [2.24, 2.45) is 0 Å². The third-order valence-electron chi connectivity index (χ3n) is 2.65. The van der Waals surface area contributed by atoms with E-state index in [1.807, 2.05) is 6.07 Å². The molecule has 3 nitrogen and oxygen atoms in total. The van der Waals surface area contributed by atoms with E-state index in [-0.39, 0.29) is 0 Å². The van der Waals surface area contributed by atoms with Gasteiger partial charge in [-0.25, -0.2) is 4.79 Å². The van der Waals surface area contributed by atoms with Crippen LogP contribution in [0.15, 0.2) is 30.5 Å². The molecule has 0 amide bonds. The highest BCUT2D eigenvalue weighted by atomic mass is 16.4. The molecule has 0 fully saturated rings. The summed E-state index contributed by atoms with van der Waals surface area (Å²) in [6.07, 6.45) is 1.69. The normalized spacial score (nSPS) is 10.9. The Labute approximate surface area is 93.7 Å². The number of benzene rings is 1. The molecule has 0 radical (unpaired) electrons. The van der Waals surface area contributed by atoms with Gasteiger partial charge in [0.15, 0.2) is 0 Å². The monoisotopic (exact) mass is 215 g/mol. The van der Waals surface area contributed by atoms with Crippen molar-refractivity contribution >= 4 is 16.9 Å². The smallest absolute Gasteiger partial charge is 0.336 e. The van der Waals surface area contributed by atoms with Gasteiger partial charge in [0.2, 0.25) is 0 Å².